The standard InChI is InChI=1S/C89H152O17P2/c1-5-9-13-17-21-25-29-33-37-39-41-43-47-50-54-58-62-66-70-74-87(92)100-80-85(106-89(94)76-72-68-64-60-56-52-48-44-42-40-38-34-30-26-22-18-14-10-6-2)82-104-108(97,98)102-78-83(90)77-101-107(95,96)103-81-84(105-88(93)75-71-67-63-59-55-51-46-36-32-28-24-20-16-12-8-4)79-99-86(91)73-69-65-61-57-53-49-45-35-31-27-23-19-15-11-7-3/h9-10,13-14,21-22,25-26,33-34,37-38,41-44,50,52,54,56,62,66,83-85,90H,5-8,11-12,15-20,23-24,27-32,35-36,39-40,45-49,51,53,55,57-61,63-65,67-82H2,1-4H3,(H,95,96)(H,97,98)/b13-9-,14-10-,25-21-,26-22-,37-33-,38-34-,43-41-,44-42-,54-50-,56-52-,66-62-. The summed E-state index contributed by atoms with van der Waals surface area (Å²) in [5.74, 6) is -2.29. The van der Waals surface area contributed by atoms with Crippen LogP contribution in [0.5, 0.6) is 0 Å². The quantitative estimate of drug-likeness (QED) is 0.0169. The minimum absolute atomic E-state index is 0.0255. The van der Waals surface area contributed by atoms with Crippen molar-refractivity contribution in [1.29, 1.82) is 0 Å². The van der Waals surface area contributed by atoms with Crippen LogP contribution in [-0.2, 0) is 65.4 Å². The maximum absolute atomic E-state index is 13.1. The summed E-state index contributed by atoms with van der Waals surface area (Å²) < 4.78 is 68.7. The van der Waals surface area contributed by atoms with Crippen molar-refractivity contribution in [3.8, 4) is 0 Å². The van der Waals surface area contributed by atoms with Crippen LogP contribution in [0, 0.1) is 0 Å². The average molecular weight is 1560 g/mol. The highest BCUT2D eigenvalue weighted by Crippen LogP contribution is 2.45. The van der Waals surface area contributed by atoms with Crippen LogP contribution in [0.4, 0.5) is 0 Å². The molecule has 0 rings (SSSR count). The first-order valence-electron chi connectivity index (χ1n) is 42.4. The molecule has 0 aromatic carbocycles. The number of aliphatic hydroxyl groups excluding tert-OH is 1. The summed E-state index contributed by atoms with van der Waals surface area (Å²) in [6.45, 7) is 4.58. The van der Waals surface area contributed by atoms with Gasteiger partial charge in [-0.05, 0) is 109 Å². The van der Waals surface area contributed by atoms with Crippen LogP contribution in [-0.4, -0.2) is 96.7 Å². The fourth-order valence-corrected chi connectivity index (χ4v) is 12.9. The Bertz CT molecular complexity index is 2560. The number of carbonyl (C=O) groups is 4. The van der Waals surface area contributed by atoms with Gasteiger partial charge in [0, 0.05) is 25.7 Å². The molecule has 0 aromatic rings. The maximum atomic E-state index is 13.1. The Labute approximate surface area is 656 Å². The Kier molecular flexibility index (Phi) is 76.7. The molecule has 19 heteroatoms. The second-order valence-electron chi connectivity index (χ2n) is 28.0. The van der Waals surface area contributed by atoms with E-state index in [4.69, 9.17) is 37.0 Å². The number of phosphoric ester groups is 2. The molecule has 0 saturated carbocycles. The molecule has 620 valence electrons. The minimum atomic E-state index is -5.01. The van der Waals surface area contributed by atoms with Gasteiger partial charge in [-0.25, -0.2) is 9.13 Å². The first-order valence-corrected chi connectivity index (χ1v) is 45.4. The first kappa shape index (κ1) is 103. The maximum Gasteiger partial charge on any atom is 0.472 e. The predicted molar refractivity (Wildman–Crippen MR) is 445 cm³/mol. The number of unbranched alkanes of at least 4 members (excludes halogenated alkanes) is 31. The lowest BCUT2D eigenvalue weighted by Crippen LogP contribution is -2.30. The molecule has 17 nitrogen and oxygen atoms in total. The number of hydrogen-bond donors (Lipinski definition) is 3. The van der Waals surface area contributed by atoms with Gasteiger partial charge in [0.25, 0.3) is 0 Å². The lowest BCUT2D eigenvalue weighted by Gasteiger charge is -2.21. The van der Waals surface area contributed by atoms with Crippen molar-refractivity contribution in [3.05, 3.63) is 134 Å². The van der Waals surface area contributed by atoms with E-state index in [9.17, 15) is 43.2 Å². The molecule has 0 aliphatic rings. The van der Waals surface area contributed by atoms with Gasteiger partial charge in [-0.3, -0.25) is 37.3 Å². The monoisotopic (exact) mass is 1560 g/mol. The summed E-state index contributed by atoms with van der Waals surface area (Å²) in [6, 6.07) is 0. The summed E-state index contributed by atoms with van der Waals surface area (Å²) in [5.41, 5.74) is 0. The van der Waals surface area contributed by atoms with E-state index in [0.29, 0.717) is 32.1 Å². The zero-order valence-electron chi connectivity index (χ0n) is 68.0. The first-order chi connectivity index (χ1) is 52.7. The van der Waals surface area contributed by atoms with Crippen LogP contribution in [0.1, 0.15) is 349 Å². The van der Waals surface area contributed by atoms with Crippen LogP contribution in [0.15, 0.2) is 134 Å². The number of ether oxygens (including phenoxy) is 4. The van der Waals surface area contributed by atoms with E-state index in [0.717, 1.165) is 128 Å². The van der Waals surface area contributed by atoms with Gasteiger partial charge in [0.2, 0.25) is 0 Å². The highest BCUT2D eigenvalue weighted by atomic mass is 31.2. The van der Waals surface area contributed by atoms with Crippen molar-refractivity contribution >= 4 is 39.5 Å². The Morgan fingerprint density at radius 1 is 0.269 bits per heavy atom. The Balaban J connectivity index is 5.46. The third-order valence-electron chi connectivity index (χ3n) is 17.7. The molecular formula is C89H152O17P2. The second kappa shape index (κ2) is 80.3. The summed E-state index contributed by atoms with van der Waals surface area (Å²) in [7, 11) is -9.99. The predicted octanol–water partition coefficient (Wildman–Crippen LogP) is 25.2. The van der Waals surface area contributed by atoms with Crippen LogP contribution in [0.2, 0.25) is 0 Å². The number of rotatable bonds is 79. The SMILES string of the molecule is CC/C=C\C/C=C\C/C=C\C/C=C\C/C=C\C/C=C\CCC(=O)OCC(COP(=O)(O)OCC(O)COP(=O)(O)OCC(COC(=O)CCCCCCCCCCCCCCCCC)OC(=O)CCCCCCCCCCCCCCCCC)OC(=O)CCCCC/C=C\C/C=C\C/C=C\C/C=C\C/C=C\CC. The lowest BCUT2D eigenvalue weighted by atomic mass is 10.0. The average Bonchev–Trinajstić information content (AvgIpc) is 0.896. The molecule has 108 heavy (non-hydrogen) atoms. The highest BCUT2D eigenvalue weighted by Gasteiger charge is 2.30. The number of phosphoric acid groups is 2. The van der Waals surface area contributed by atoms with Gasteiger partial charge in [-0.15, -0.1) is 0 Å². The van der Waals surface area contributed by atoms with E-state index in [1.165, 1.54) is 135 Å². The molecule has 0 radical (unpaired) electrons. The molecule has 0 aliphatic heterocycles. The third-order valence-corrected chi connectivity index (χ3v) is 19.6. The summed E-state index contributed by atoms with van der Waals surface area (Å²) in [4.78, 5) is 73.2. The van der Waals surface area contributed by atoms with E-state index in [1.54, 1.807) is 0 Å². The van der Waals surface area contributed by atoms with Crippen molar-refractivity contribution in [1.82, 2.24) is 0 Å². The molecule has 5 unspecified atom stereocenters. The molecule has 5 atom stereocenters. The second-order valence-corrected chi connectivity index (χ2v) is 30.9. The van der Waals surface area contributed by atoms with E-state index < -0.39 is 97.5 Å². The van der Waals surface area contributed by atoms with Crippen LogP contribution < -0.4 is 0 Å². The molecule has 0 aliphatic carbocycles. The molecule has 0 bridgehead atoms. The van der Waals surface area contributed by atoms with Gasteiger partial charge in [-0.2, -0.15) is 0 Å². The Morgan fingerprint density at radius 2 is 0.500 bits per heavy atom. The fraction of sp³-hybridized carbons (Fsp3) is 0.708. The number of allylic oxidation sites excluding steroid dienone is 22. The summed E-state index contributed by atoms with van der Waals surface area (Å²) >= 11 is 0. The molecule has 0 spiro atoms. The Hall–Kier alpha value is -4.80. The number of aliphatic hydroxyl groups is 1. The lowest BCUT2D eigenvalue weighted by molar-refractivity contribution is -0.161. The summed E-state index contributed by atoms with van der Waals surface area (Å²) in [5, 5.41) is 10.7. The van der Waals surface area contributed by atoms with E-state index >= 15 is 0 Å². The topological polar surface area (TPSA) is 237 Å². The molecule has 0 saturated heterocycles. The highest BCUT2D eigenvalue weighted by molar-refractivity contribution is 7.47. The van der Waals surface area contributed by atoms with E-state index in [1.807, 2.05) is 18.2 Å². The number of esters is 4. The molecular weight excluding hydrogens is 1400 g/mol. The number of carbonyl (C=O) groups excluding carboxylic acids is 4. The van der Waals surface area contributed by atoms with Gasteiger partial charge < -0.3 is 33.8 Å². The van der Waals surface area contributed by atoms with Crippen molar-refractivity contribution in [2.45, 2.75) is 367 Å². The van der Waals surface area contributed by atoms with Crippen molar-refractivity contribution in [2.75, 3.05) is 39.6 Å². The van der Waals surface area contributed by atoms with E-state index in [2.05, 4.69) is 143 Å². The van der Waals surface area contributed by atoms with Gasteiger partial charge >= 0.3 is 39.5 Å². The van der Waals surface area contributed by atoms with E-state index in [-0.39, 0.29) is 25.7 Å². The molecule has 3 N–H and O–H groups in total. The zero-order chi connectivity index (χ0) is 78.9. The van der Waals surface area contributed by atoms with Gasteiger partial charge in [-0.1, -0.05) is 348 Å². The molecule has 0 heterocycles. The summed E-state index contributed by atoms with van der Waals surface area (Å²) in [6.07, 6.45) is 91.4. The van der Waals surface area contributed by atoms with Gasteiger partial charge in [0.1, 0.15) is 19.3 Å². The van der Waals surface area contributed by atoms with Crippen molar-refractivity contribution in [3.63, 3.8) is 0 Å². The molecule has 0 aromatic heterocycles. The minimum Gasteiger partial charge on any atom is -0.462 e. The third kappa shape index (κ3) is 79.3. The normalized spacial score (nSPS) is 14.5. The van der Waals surface area contributed by atoms with Crippen LogP contribution in [0.25, 0.3) is 0 Å². The van der Waals surface area contributed by atoms with Crippen molar-refractivity contribution in [2.24, 2.45) is 0 Å². The van der Waals surface area contributed by atoms with Gasteiger partial charge in [0.15, 0.2) is 12.2 Å². The molecule has 0 amide bonds. The smallest absolute Gasteiger partial charge is 0.462 e. The Morgan fingerprint density at radius 3 is 0.796 bits per heavy atom. The largest absolute Gasteiger partial charge is 0.472 e. The van der Waals surface area contributed by atoms with Crippen LogP contribution in [0.3, 0.4) is 0 Å². The van der Waals surface area contributed by atoms with Crippen molar-refractivity contribution < 1.29 is 80.2 Å². The zero-order valence-corrected chi connectivity index (χ0v) is 69.8. The fourth-order valence-electron chi connectivity index (χ4n) is 11.3. The van der Waals surface area contributed by atoms with Gasteiger partial charge in [0.05, 0.1) is 26.4 Å². The van der Waals surface area contributed by atoms with Crippen LogP contribution >= 0.6 is 15.6 Å². The molecule has 0 fully saturated rings. The number of hydrogen-bond acceptors (Lipinski definition) is 15.